The van der Waals surface area contributed by atoms with Gasteiger partial charge in [0.1, 0.15) is 5.76 Å². The van der Waals surface area contributed by atoms with Gasteiger partial charge in [0.15, 0.2) is 4.34 Å². The largest absolute Gasteiger partial charge is 0.467 e. The van der Waals surface area contributed by atoms with Gasteiger partial charge in [-0.05, 0) is 42.7 Å². The Morgan fingerprint density at radius 3 is 2.74 bits per heavy atom. The van der Waals surface area contributed by atoms with Crippen LogP contribution in [0.25, 0.3) is 0 Å². The van der Waals surface area contributed by atoms with Crippen LogP contribution >= 0.6 is 23.1 Å². The minimum absolute atomic E-state index is 0.142. The number of thioether (sulfide) groups is 1. The van der Waals surface area contributed by atoms with Gasteiger partial charge in [-0.2, -0.15) is 0 Å². The Hall–Kier alpha value is -2.32. The number of amides is 1. The van der Waals surface area contributed by atoms with E-state index in [1.54, 1.807) is 18.0 Å². The van der Waals surface area contributed by atoms with Crippen molar-refractivity contribution in [2.24, 2.45) is 0 Å². The van der Waals surface area contributed by atoms with Crippen LogP contribution in [0, 0.1) is 0 Å². The number of carbonyl (C=O) groups excluding carboxylic acids is 1. The first-order valence-corrected chi connectivity index (χ1v) is 10.7. The van der Waals surface area contributed by atoms with E-state index < -0.39 is 0 Å². The standard InChI is InChI=1S/C19H20N4O2S2/c24-17(23-9-1-2-10-23)15-7-5-14(6-8-15)13-26-19-22-21-18(27-19)20-12-16-4-3-11-25-16/h3-8,11H,1-2,9-10,12-13H2,(H,20,21). The number of nitrogens with one attached hydrogen (secondary N) is 1. The zero-order chi connectivity index (χ0) is 18.5. The zero-order valence-electron chi connectivity index (χ0n) is 14.8. The van der Waals surface area contributed by atoms with E-state index in [1.807, 2.05) is 41.3 Å². The van der Waals surface area contributed by atoms with Crippen LogP contribution in [0.2, 0.25) is 0 Å². The van der Waals surface area contributed by atoms with Crippen LogP contribution in [0.5, 0.6) is 0 Å². The summed E-state index contributed by atoms with van der Waals surface area (Å²) < 4.78 is 6.20. The molecule has 3 aromatic rings. The van der Waals surface area contributed by atoms with Crippen LogP contribution in [0.1, 0.15) is 34.5 Å². The fourth-order valence-electron chi connectivity index (χ4n) is 2.91. The third kappa shape index (κ3) is 4.70. The molecule has 1 fully saturated rings. The molecule has 0 unspecified atom stereocenters. The molecule has 0 saturated carbocycles. The molecular weight excluding hydrogens is 380 g/mol. The average Bonchev–Trinajstić information content (AvgIpc) is 3.47. The van der Waals surface area contributed by atoms with Crippen LogP contribution < -0.4 is 5.32 Å². The Balaban J connectivity index is 1.28. The first-order chi connectivity index (χ1) is 13.3. The van der Waals surface area contributed by atoms with Crippen molar-refractivity contribution in [2.75, 3.05) is 18.4 Å². The van der Waals surface area contributed by atoms with E-state index in [1.165, 1.54) is 16.9 Å². The van der Waals surface area contributed by atoms with E-state index in [4.69, 9.17) is 4.42 Å². The number of carbonyl (C=O) groups is 1. The van der Waals surface area contributed by atoms with Crippen molar-refractivity contribution in [2.45, 2.75) is 29.5 Å². The molecule has 6 nitrogen and oxygen atoms in total. The lowest BCUT2D eigenvalue weighted by molar-refractivity contribution is 0.0793. The summed E-state index contributed by atoms with van der Waals surface area (Å²) >= 11 is 3.17. The van der Waals surface area contributed by atoms with Gasteiger partial charge in [0, 0.05) is 24.4 Å². The van der Waals surface area contributed by atoms with E-state index in [9.17, 15) is 4.79 Å². The maximum atomic E-state index is 12.4. The summed E-state index contributed by atoms with van der Waals surface area (Å²) in [5.74, 6) is 1.80. The Morgan fingerprint density at radius 1 is 1.19 bits per heavy atom. The van der Waals surface area contributed by atoms with Gasteiger partial charge in [-0.1, -0.05) is 35.2 Å². The predicted molar refractivity (Wildman–Crippen MR) is 107 cm³/mol. The molecule has 1 aliphatic rings. The summed E-state index contributed by atoms with van der Waals surface area (Å²) in [5.41, 5.74) is 1.93. The molecule has 27 heavy (non-hydrogen) atoms. The summed E-state index contributed by atoms with van der Waals surface area (Å²) in [7, 11) is 0. The molecule has 1 N–H and O–H groups in total. The van der Waals surface area contributed by atoms with E-state index in [0.29, 0.717) is 6.54 Å². The fraction of sp³-hybridized carbons (Fsp3) is 0.316. The number of nitrogens with zero attached hydrogens (tertiary/aromatic N) is 3. The van der Waals surface area contributed by atoms with Crippen molar-refractivity contribution in [3.05, 3.63) is 59.5 Å². The summed E-state index contributed by atoms with van der Waals surface area (Å²) in [6.45, 7) is 2.35. The average molecular weight is 401 g/mol. The fourth-order valence-corrected chi connectivity index (χ4v) is 4.61. The van der Waals surface area contributed by atoms with Crippen molar-refractivity contribution in [3.63, 3.8) is 0 Å². The second-order valence-electron chi connectivity index (χ2n) is 6.29. The number of hydrogen-bond donors (Lipinski definition) is 1. The maximum absolute atomic E-state index is 12.4. The number of anilines is 1. The molecule has 0 atom stereocenters. The van der Waals surface area contributed by atoms with Crippen LogP contribution in [0.3, 0.4) is 0 Å². The zero-order valence-corrected chi connectivity index (χ0v) is 16.4. The molecule has 1 aromatic carbocycles. The molecule has 3 heterocycles. The highest BCUT2D eigenvalue weighted by atomic mass is 32.2. The van der Waals surface area contributed by atoms with Gasteiger partial charge < -0.3 is 14.6 Å². The molecule has 8 heteroatoms. The Kier molecular flexibility index (Phi) is 5.74. The molecule has 0 spiro atoms. The second kappa shape index (κ2) is 8.58. The Morgan fingerprint density at radius 2 is 2.00 bits per heavy atom. The Labute approximate surface area is 166 Å². The second-order valence-corrected chi connectivity index (χ2v) is 8.49. The third-order valence-corrected chi connectivity index (χ3v) is 6.44. The summed E-state index contributed by atoms with van der Waals surface area (Å²) in [6.07, 6.45) is 3.88. The molecule has 140 valence electrons. The van der Waals surface area contributed by atoms with Gasteiger partial charge in [0.25, 0.3) is 5.91 Å². The van der Waals surface area contributed by atoms with E-state index in [-0.39, 0.29) is 5.91 Å². The van der Waals surface area contributed by atoms with Gasteiger partial charge in [0.05, 0.1) is 12.8 Å². The minimum atomic E-state index is 0.142. The number of benzene rings is 1. The van der Waals surface area contributed by atoms with Gasteiger partial charge in [-0.3, -0.25) is 4.79 Å². The first-order valence-electron chi connectivity index (χ1n) is 8.89. The highest BCUT2D eigenvalue weighted by molar-refractivity contribution is 8.00. The SMILES string of the molecule is O=C(c1ccc(CSc2nnc(NCc3ccco3)s2)cc1)N1CCCC1. The molecule has 0 radical (unpaired) electrons. The molecule has 0 aliphatic carbocycles. The normalized spacial score (nSPS) is 13.9. The monoisotopic (exact) mass is 400 g/mol. The van der Waals surface area contributed by atoms with Crippen molar-refractivity contribution in [1.29, 1.82) is 0 Å². The molecule has 0 bridgehead atoms. The van der Waals surface area contributed by atoms with E-state index in [0.717, 1.165) is 52.5 Å². The molecule has 1 amide bonds. The van der Waals surface area contributed by atoms with Crippen LogP contribution in [-0.2, 0) is 12.3 Å². The lowest BCUT2D eigenvalue weighted by atomic mass is 10.1. The number of furan rings is 1. The smallest absolute Gasteiger partial charge is 0.253 e. The molecule has 1 aliphatic heterocycles. The van der Waals surface area contributed by atoms with Gasteiger partial charge in [0.2, 0.25) is 5.13 Å². The lowest BCUT2D eigenvalue weighted by Gasteiger charge is -2.15. The lowest BCUT2D eigenvalue weighted by Crippen LogP contribution is -2.27. The minimum Gasteiger partial charge on any atom is -0.467 e. The molecule has 4 rings (SSSR count). The van der Waals surface area contributed by atoms with E-state index >= 15 is 0 Å². The van der Waals surface area contributed by atoms with Crippen LogP contribution in [0.4, 0.5) is 5.13 Å². The topological polar surface area (TPSA) is 71.3 Å². The van der Waals surface area contributed by atoms with Crippen LogP contribution in [0.15, 0.2) is 51.4 Å². The summed E-state index contributed by atoms with van der Waals surface area (Å²) in [6, 6.07) is 11.7. The van der Waals surface area contributed by atoms with E-state index in [2.05, 4.69) is 15.5 Å². The van der Waals surface area contributed by atoms with Crippen LogP contribution in [-0.4, -0.2) is 34.1 Å². The number of aromatic nitrogens is 2. The highest BCUT2D eigenvalue weighted by Crippen LogP contribution is 2.28. The highest BCUT2D eigenvalue weighted by Gasteiger charge is 2.19. The van der Waals surface area contributed by atoms with Crippen molar-refractivity contribution in [3.8, 4) is 0 Å². The third-order valence-electron chi connectivity index (χ3n) is 4.36. The maximum Gasteiger partial charge on any atom is 0.253 e. The molecule has 2 aromatic heterocycles. The van der Waals surface area contributed by atoms with Gasteiger partial charge >= 0.3 is 0 Å². The number of rotatable bonds is 7. The molecular formula is C19H20N4O2S2. The number of likely N-dealkylation sites (tertiary alicyclic amines) is 1. The van der Waals surface area contributed by atoms with Gasteiger partial charge in [-0.25, -0.2) is 0 Å². The summed E-state index contributed by atoms with van der Waals surface area (Å²) in [4.78, 5) is 14.3. The summed E-state index contributed by atoms with van der Waals surface area (Å²) in [5, 5.41) is 12.3. The van der Waals surface area contributed by atoms with Gasteiger partial charge in [-0.15, -0.1) is 10.2 Å². The molecule has 1 saturated heterocycles. The Bertz CT molecular complexity index is 872. The first kappa shape index (κ1) is 18.1. The number of hydrogen-bond acceptors (Lipinski definition) is 7. The van der Waals surface area contributed by atoms with Crippen molar-refractivity contribution in [1.82, 2.24) is 15.1 Å². The van der Waals surface area contributed by atoms with Crippen molar-refractivity contribution < 1.29 is 9.21 Å². The quantitative estimate of drug-likeness (QED) is 0.597. The van der Waals surface area contributed by atoms with Crippen molar-refractivity contribution >= 4 is 34.1 Å². The predicted octanol–water partition coefficient (Wildman–Crippen LogP) is 4.27.